The Hall–Kier alpha value is -2.67. The number of anilines is 2. The average Bonchev–Trinajstić information content (AvgIpc) is 2.70. The summed E-state index contributed by atoms with van der Waals surface area (Å²) in [6, 6.07) is 8.31. The van der Waals surface area contributed by atoms with Crippen LogP contribution < -0.4 is 15.0 Å². The predicted molar refractivity (Wildman–Crippen MR) is 109 cm³/mol. The third-order valence-corrected chi connectivity index (χ3v) is 5.73. The van der Waals surface area contributed by atoms with Gasteiger partial charge in [0.25, 0.3) is 0 Å². The summed E-state index contributed by atoms with van der Waals surface area (Å²) in [5.74, 6) is 1.87. The lowest BCUT2D eigenvalue weighted by molar-refractivity contribution is -0.121. The van der Waals surface area contributed by atoms with Crippen LogP contribution in [-0.4, -0.2) is 59.1 Å². The molecule has 2 aromatic rings. The molecule has 3 aliphatic heterocycles. The smallest absolute Gasteiger partial charge is 0.238 e. The van der Waals surface area contributed by atoms with Gasteiger partial charge in [-0.3, -0.25) is 9.69 Å². The maximum absolute atomic E-state index is 12.5. The second-order valence-electron chi connectivity index (χ2n) is 7.53. The number of benzene rings is 1. The van der Waals surface area contributed by atoms with Gasteiger partial charge in [0.1, 0.15) is 17.9 Å². The van der Waals surface area contributed by atoms with Crippen molar-refractivity contribution in [2.24, 2.45) is 0 Å². The van der Waals surface area contributed by atoms with Gasteiger partial charge >= 0.3 is 0 Å². The van der Waals surface area contributed by atoms with Crippen LogP contribution in [-0.2, 0) is 4.79 Å². The average molecular weight is 381 g/mol. The maximum Gasteiger partial charge on any atom is 0.238 e. The van der Waals surface area contributed by atoms with E-state index in [2.05, 4.69) is 32.0 Å². The lowest BCUT2D eigenvalue weighted by Gasteiger charge is -2.56. The molecule has 148 valence electrons. The quantitative estimate of drug-likeness (QED) is 0.829. The first-order valence-electron chi connectivity index (χ1n) is 9.86. The Morgan fingerprint density at radius 3 is 2.57 bits per heavy atom. The van der Waals surface area contributed by atoms with Gasteiger partial charge in [-0.15, -0.1) is 0 Å². The minimum Gasteiger partial charge on any atom is -0.494 e. The molecule has 2 unspecified atom stereocenters. The number of fused-ring (bicyclic) bond motifs is 2. The molecule has 1 aromatic carbocycles. The molecule has 0 spiro atoms. The summed E-state index contributed by atoms with van der Waals surface area (Å²) in [4.78, 5) is 25.9. The number of hydrogen-bond acceptors (Lipinski definition) is 6. The highest BCUT2D eigenvalue weighted by Gasteiger charge is 2.45. The zero-order chi connectivity index (χ0) is 19.7. The second kappa shape index (κ2) is 7.75. The Morgan fingerprint density at radius 1 is 1.18 bits per heavy atom. The SMILES string of the molecule is CCOc1ccc(NC(=O)CN2C3CC2CN(c2ncnc(C)c2C)C3)cc1. The molecule has 0 aliphatic carbocycles. The molecular formula is C21H27N5O2. The number of ether oxygens (including phenoxy) is 1. The zero-order valence-electron chi connectivity index (χ0n) is 16.7. The second-order valence-corrected chi connectivity index (χ2v) is 7.53. The maximum atomic E-state index is 12.5. The van der Waals surface area contributed by atoms with Crippen molar-refractivity contribution in [1.82, 2.24) is 14.9 Å². The minimum atomic E-state index is 0.0290. The minimum absolute atomic E-state index is 0.0290. The number of amides is 1. The van der Waals surface area contributed by atoms with Gasteiger partial charge in [0.2, 0.25) is 5.91 Å². The molecule has 2 bridgehead atoms. The van der Waals surface area contributed by atoms with Crippen LogP contribution in [0.4, 0.5) is 11.5 Å². The predicted octanol–water partition coefficient (Wildman–Crippen LogP) is 2.39. The number of piperidine rings is 1. The molecule has 0 radical (unpaired) electrons. The van der Waals surface area contributed by atoms with E-state index in [4.69, 9.17) is 4.74 Å². The van der Waals surface area contributed by atoms with Crippen molar-refractivity contribution in [3.05, 3.63) is 41.9 Å². The zero-order valence-corrected chi connectivity index (χ0v) is 16.7. The summed E-state index contributed by atoms with van der Waals surface area (Å²) in [6.45, 7) is 8.92. The highest BCUT2D eigenvalue weighted by Crippen LogP contribution is 2.34. The van der Waals surface area contributed by atoms with Gasteiger partial charge in [-0.1, -0.05) is 0 Å². The number of rotatable bonds is 6. The molecule has 2 atom stereocenters. The van der Waals surface area contributed by atoms with E-state index in [1.54, 1.807) is 6.33 Å². The Morgan fingerprint density at radius 2 is 1.89 bits per heavy atom. The summed E-state index contributed by atoms with van der Waals surface area (Å²) < 4.78 is 5.43. The topological polar surface area (TPSA) is 70.6 Å². The standard InChI is InChI=1S/C21H27N5O2/c1-4-28-19-7-5-16(6-8-19)24-20(27)12-26-17-9-18(26)11-25(10-17)21-14(2)15(3)22-13-23-21/h5-8,13,17-18H,4,9-12H2,1-3H3,(H,24,27). The van der Waals surface area contributed by atoms with E-state index < -0.39 is 0 Å². The molecule has 1 N–H and O–H groups in total. The lowest BCUT2D eigenvalue weighted by Crippen LogP contribution is -2.70. The van der Waals surface area contributed by atoms with Gasteiger partial charge in [-0.05, 0) is 51.5 Å². The largest absolute Gasteiger partial charge is 0.494 e. The van der Waals surface area contributed by atoms with Crippen LogP contribution in [0.25, 0.3) is 0 Å². The number of aryl methyl sites for hydroxylation is 1. The van der Waals surface area contributed by atoms with Crippen LogP contribution >= 0.6 is 0 Å². The number of carbonyl (C=O) groups is 1. The van der Waals surface area contributed by atoms with Crippen LogP contribution in [0.2, 0.25) is 0 Å². The first-order chi connectivity index (χ1) is 13.5. The summed E-state index contributed by atoms with van der Waals surface area (Å²) in [5.41, 5.74) is 2.97. The molecule has 4 heterocycles. The van der Waals surface area contributed by atoms with Gasteiger partial charge < -0.3 is 15.0 Å². The summed E-state index contributed by atoms with van der Waals surface area (Å²) >= 11 is 0. The van der Waals surface area contributed by atoms with E-state index >= 15 is 0 Å². The Labute approximate surface area is 165 Å². The normalized spacial score (nSPS) is 21.2. The fourth-order valence-corrected chi connectivity index (χ4v) is 4.13. The van der Waals surface area contributed by atoms with E-state index in [0.717, 1.165) is 48.0 Å². The molecule has 7 heteroatoms. The van der Waals surface area contributed by atoms with Crippen LogP contribution in [0, 0.1) is 13.8 Å². The molecule has 3 aliphatic rings. The van der Waals surface area contributed by atoms with Crippen molar-refractivity contribution in [3.8, 4) is 5.75 Å². The van der Waals surface area contributed by atoms with Gasteiger partial charge in [0, 0.05) is 42.1 Å². The first-order valence-corrected chi connectivity index (χ1v) is 9.86. The monoisotopic (exact) mass is 381 g/mol. The molecule has 3 saturated heterocycles. The molecule has 0 saturated carbocycles. The number of piperazine rings is 1. The number of aromatic nitrogens is 2. The molecule has 1 amide bonds. The van der Waals surface area contributed by atoms with Crippen LogP contribution in [0.1, 0.15) is 24.6 Å². The fourth-order valence-electron chi connectivity index (χ4n) is 4.13. The van der Waals surface area contributed by atoms with Crippen molar-refractivity contribution in [2.75, 3.05) is 36.5 Å². The van der Waals surface area contributed by atoms with E-state index in [0.29, 0.717) is 25.2 Å². The highest BCUT2D eigenvalue weighted by atomic mass is 16.5. The lowest BCUT2D eigenvalue weighted by atomic mass is 9.87. The Bertz CT molecular complexity index is 842. The fraction of sp³-hybridized carbons (Fsp3) is 0.476. The van der Waals surface area contributed by atoms with Crippen molar-refractivity contribution in [2.45, 2.75) is 39.3 Å². The van der Waals surface area contributed by atoms with Crippen LogP contribution in [0.5, 0.6) is 5.75 Å². The molecular weight excluding hydrogens is 354 g/mol. The summed E-state index contributed by atoms with van der Waals surface area (Å²) in [6.07, 6.45) is 2.79. The highest BCUT2D eigenvalue weighted by molar-refractivity contribution is 5.92. The number of nitrogens with zero attached hydrogens (tertiary/aromatic N) is 4. The molecule has 3 fully saturated rings. The number of carbonyl (C=O) groups excluding carboxylic acids is 1. The molecule has 1 aromatic heterocycles. The molecule has 5 rings (SSSR count). The molecule has 7 nitrogen and oxygen atoms in total. The third-order valence-electron chi connectivity index (χ3n) is 5.73. The van der Waals surface area contributed by atoms with E-state index in [1.807, 2.05) is 38.1 Å². The first kappa shape index (κ1) is 18.7. The van der Waals surface area contributed by atoms with E-state index in [-0.39, 0.29) is 5.91 Å². The molecule has 28 heavy (non-hydrogen) atoms. The third kappa shape index (κ3) is 3.67. The van der Waals surface area contributed by atoms with Crippen molar-refractivity contribution >= 4 is 17.4 Å². The van der Waals surface area contributed by atoms with E-state index in [1.165, 1.54) is 0 Å². The summed E-state index contributed by atoms with van der Waals surface area (Å²) in [7, 11) is 0. The van der Waals surface area contributed by atoms with Crippen LogP contribution in [0.3, 0.4) is 0 Å². The Kier molecular flexibility index (Phi) is 5.17. The van der Waals surface area contributed by atoms with Crippen molar-refractivity contribution < 1.29 is 9.53 Å². The number of nitrogens with one attached hydrogen (secondary N) is 1. The van der Waals surface area contributed by atoms with Gasteiger partial charge in [-0.25, -0.2) is 9.97 Å². The van der Waals surface area contributed by atoms with Gasteiger partial charge in [0.15, 0.2) is 0 Å². The van der Waals surface area contributed by atoms with E-state index in [9.17, 15) is 4.79 Å². The van der Waals surface area contributed by atoms with Crippen molar-refractivity contribution in [1.29, 1.82) is 0 Å². The summed E-state index contributed by atoms with van der Waals surface area (Å²) in [5, 5.41) is 2.99. The van der Waals surface area contributed by atoms with Gasteiger partial charge in [0.05, 0.1) is 13.2 Å². The van der Waals surface area contributed by atoms with Crippen LogP contribution in [0.15, 0.2) is 30.6 Å². The number of hydrogen-bond donors (Lipinski definition) is 1. The van der Waals surface area contributed by atoms with Crippen molar-refractivity contribution in [3.63, 3.8) is 0 Å². The van der Waals surface area contributed by atoms with Gasteiger partial charge in [-0.2, -0.15) is 0 Å². The Balaban J connectivity index is 1.32.